The molecule has 0 radical (unpaired) electrons. The van der Waals surface area contributed by atoms with Gasteiger partial charge in [-0.25, -0.2) is 4.98 Å². The Morgan fingerprint density at radius 2 is 2.12 bits per heavy atom. The zero-order valence-electron chi connectivity index (χ0n) is 9.34. The van der Waals surface area contributed by atoms with Crippen molar-refractivity contribution in [3.05, 3.63) is 15.6 Å². The van der Waals surface area contributed by atoms with Crippen LogP contribution in [0, 0.1) is 6.92 Å². The average Bonchev–Trinajstić information content (AvgIpc) is 2.40. The Kier molecular flexibility index (Phi) is 5.50. The first-order valence-electron chi connectivity index (χ1n) is 4.82. The first kappa shape index (κ1) is 15.1. The van der Waals surface area contributed by atoms with E-state index in [1.54, 1.807) is 0 Å². The molecule has 0 aliphatic carbocycles. The molecule has 0 unspecified atom stereocenters. The summed E-state index contributed by atoms with van der Waals surface area (Å²) in [6.45, 7) is -1.94. The summed E-state index contributed by atoms with van der Waals surface area (Å²) in [5.74, 6) is 0. The van der Waals surface area contributed by atoms with Crippen molar-refractivity contribution < 1.29 is 64.3 Å². The molecule has 0 N–H and O–H groups in total. The van der Waals surface area contributed by atoms with Crippen LogP contribution in [0.15, 0.2) is 0 Å². The van der Waals surface area contributed by atoms with Crippen LogP contribution in [0.1, 0.15) is 15.6 Å². The Morgan fingerprint density at radius 3 is 2.75 bits per heavy atom. The summed E-state index contributed by atoms with van der Waals surface area (Å²) in [5, 5.41) is 0.944. The average molecular weight is 274 g/mol. The molecule has 0 saturated heterocycles. The Bertz CT molecular complexity index is 369. The minimum absolute atomic E-state index is 0. The second-order valence-electron chi connectivity index (χ2n) is 3.80. The molecule has 2 rings (SSSR count). The number of aromatic nitrogens is 1. The summed E-state index contributed by atoms with van der Waals surface area (Å²) in [7, 11) is 0. The van der Waals surface area contributed by atoms with Gasteiger partial charge in [-0.05, 0) is 13.4 Å². The first-order valence-corrected chi connectivity index (χ1v) is 5.64. The normalized spacial score (nSPS) is 16.8. The van der Waals surface area contributed by atoms with Crippen LogP contribution >= 0.6 is 11.3 Å². The topological polar surface area (TPSA) is 16.1 Å². The second kappa shape index (κ2) is 5.81. The van der Waals surface area contributed by atoms with Gasteiger partial charge in [0.25, 0.3) is 0 Å². The van der Waals surface area contributed by atoms with Gasteiger partial charge in [0.15, 0.2) is 0 Å². The summed E-state index contributed by atoms with van der Waals surface area (Å²) < 4.78 is 36.7. The molecule has 0 fully saturated rings. The van der Waals surface area contributed by atoms with Crippen molar-refractivity contribution in [3.63, 3.8) is 0 Å². The maximum absolute atomic E-state index is 12.2. The van der Waals surface area contributed by atoms with Gasteiger partial charge in [0.2, 0.25) is 0 Å². The third kappa shape index (κ3) is 4.08. The summed E-state index contributed by atoms with van der Waals surface area (Å²) in [6.07, 6.45) is -0.109. The Morgan fingerprint density at radius 1 is 1.44 bits per heavy atom. The van der Waals surface area contributed by atoms with E-state index in [2.05, 4.69) is 4.98 Å². The Hall–Kier alpha value is 1.08. The molecular formula is C8H11BF3KN2S. The van der Waals surface area contributed by atoms with Gasteiger partial charge in [-0.1, -0.05) is 0 Å². The van der Waals surface area contributed by atoms with Crippen molar-refractivity contribution in [3.8, 4) is 0 Å². The van der Waals surface area contributed by atoms with Gasteiger partial charge < -0.3 is 17.8 Å². The number of nitrogens with zero attached hydrogens (tertiary/aromatic N) is 2. The van der Waals surface area contributed by atoms with Crippen LogP contribution in [0.5, 0.6) is 0 Å². The second-order valence-corrected chi connectivity index (χ2v) is 5.09. The zero-order valence-corrected chi connectivity index (χ0v) is 13.3. The van der Waals surface area contributed by atoms with E-state index < -0.39 is 13.4 Å². The standard InChI is InChI=1S/C8H11BF3N2S.K/c1-6-13-7-2-3-14(4-8(7)15-6)5-9(10,11)12;/h2-5H2,1H3;/q-1;+1. The van der Waals surface area contributed by atoms with Gasteiger partial charge >= 0.3 is 58.4 Å². The summed E-state index contributed by atoms with van der Waals surface area (Å²) >= 11 is 1.51. The van der Waals surface area contributed by atoms with E-state index >= 15 is 0 Å². The van der Waals surface area contributed by atoms with Gasteiger partial charge in [-0.15, -0.1) is 11.3 Å². The Labute approximate surface area is 139 Å². The van der Waals surface area contributed by atoms with Crippen LogP contribution in [0.2, 0.25) is 0 Å². The molecule has 84 valence electrons. The quantitative estimate of drug-likeness (QED) is 0.656. The summed E-state index contributed by atoms with van der Waals surface area (Å²) in [5.41, 5.74) is 0.989. The maximum Gasteiger partial charge on any atom is 1.00 e. The molecule has 2 heterocycles. The van der Waals surface area contributed by atoms with Crippen LogP contribution in [-0.4, -0.2) is 29.9 Å². The minimum atomic E-state index is -4.71. The van der Waals surface area contributed by atoms with Crippen molar-refractivity contribution in [2.24, 2.45) is 0 Å². The number of hydrogen-bond donors (Lipinski definition) is 0. The third-order valence-electron chi connectivity index (χ3n) is 2.38. The van der Waals surface area contributed by atoms with Crippen molar-refractivity contribution >= 4 is 18.3 Å². The minimum Gasteiger partial charge on any atom is -0.448 e. The van der Waals surface area contributed by atoms with E-state index in [1.807, 2.05) is 6.92 Å². The fourth-order valence-corrected chi connectivity index (χ4v) is 2.85. The molecule has 1 aliphatic rings. The molecular weight excluding hydrogens is 263 g/mol. The van der Waals surface area contributed by atoms with E-state index in [1.165, 1.54) is 16.2 Å². The molecule has 0 bridgehead atoms. The number of halogens is 3. The zero-order chi connectivity index (χ0) is 11.1. The van der Waals surface area contributed by atoms with Gasteiger partial charge in [0.1, 0.15) is 0 Å². The van der Waals surface area contributed by atoms with Crippen LogP contribution in [0.4, 0.5) is 12.9 Å². The molecule has 2 nitrogen and oxygen atoms in total. The van der Waals surface area contributed by atoms with Crippen LogP contribution in [0.25, 0.3) is 0 Å². The number of aryl methyl sites for hydroxylation is 1. The SMILES string of the molecule is Cc1nc2c(s1)CN(C[B-](F)(F)F)CC2.[K+]. The summed E-state index contributed by atoms with van der Waals surface area (Å²) in [4.78, 5) is 6.76. The molecule has 8 heteroatoms. The van der Waals surface area contributed by atoms with Crippen LogP contribution < -0.4 is 51.4 Å². The summed E-state index contributed by atoms with van der Waals surface area (Å²) in [6, 6.07) is 0. The van der Waals surface area contributed by atoms with Gasteiger partial charge in [-0.3, -0.25) is 0 Å². The molecule has 0 saturated carbocycles. The Balaban J connectivity index is 0.00000128. The molecule has 0 amide bonds. The smallest absolute Gasteiger partial charge is 0.448 e. The van der Waals surface area contributed by atoms with Gasteiger partial charge in [0, 0.05) is 24.4 Å². The molecule has 1 aromatic rings. The van der Waals surface area contributed by atoms with Crippen LogP contribution in [0.3, 0.4) is 0 Å². The van der Waals surface area contributed by atoms with Crippen LogP contribution in [-0.2, 0) is 13.0 Å². The van der Waals surface area contributed by atoms with E-state index in [9.17, 15) is 12.9 Å². The monoisotopic (exact) mass is 274 g/mol. The third-order valence-corrected chi connectivity index (χ3v) is 3.38. The van der Waals surface area contributed by atoms with Crippen molar-refractivity contribution in [2.75, 3.05) is 13.0 Å². The molecule has 1 aliphatic heterocycles. The van der Waals surface area contributed by atoms with Crippen molar-refractivity contribution in [1.82, 2.24) is 9.88 Å². The number of fused-ring (bicyclic) bond motifs is 1. The number of thiazole rings is 1. The van der Waals surface area contributed by atoms with E-state index in [4.69, 9.17) is 0 Å². The fourth-order valence-electron chi connectivity index (χ4n) is 1.83. The number of hydrogen-bond acceptors (Lipinski definition) is 3. The molecule has 0 atom stereocenters. The molecule has 0 aromatic carbocycles. The first-order chi connectivity index (χ1) is 6.94. The van der Waals surface area contributed by atoms with E-state index in [-0.39, 0.29) is 51.4 Å². The molecule has 0 spiro atoms. The van der Waals surface area contributed by atoms with E-state index in [0.717, 1.165) is 15.6 Å². The van der Waals surface area contributed by atoms with Gasteiger partial charge in [-0.2, -0.15) is 0 Å². The van der Waals surface area contributed by atoms with E-state index in [0.29, 0.717) is 19.5 Å². The maximum atomic E-state index is 12.2. The largest absolute Gasteiger partial charge is 1.00 e. The van der Waals surface area contributed by atoms with Gasteiger partial charge in [0.05, 0.1) is 10.7 Å². The predicted octanol–water partition coefficient (Wildman–Crippen LogP) is -0.800. The fraction of sp³-hybridized carbons (Fsp3) is 0.625. The van der Waals surface area contributed by atoms with Crippen molar-refractivity contribution in [2.45, 2.75) is 19.9 Å². The predicted molar refractivity (Wildman–Crippen MR) is 54.9 cm³/mol. The number of rotatable bonds is 2. The molecule has 1 aromatic heterocycles. The van der Waals surface area contributed by atoms with Crippen molar-refractivity contribution in [1.29, 1.82) is 0 Å². The molecule has 16 heavy (non-hydrogen) atoms.